The van der Waals surface area contributed by atoms with E-state index in [1.54, 1.807) is 0 Å². The topological polar surface area (TPSA) is 32.3 Å². The van der Waals surface area contributed by atoms with Crippen molar-refractivity contribution in [2.45, 2.75) is 38.6 Å². The molecule has 1 fully saturated rings. The highest BCUT2D eigenvalue weighted by molar-refractivity contribution is 6.31. The number of rotatable bonds is 2. The molecule has 1 aliphatic heterocycles. The minimum Gasteiger partial charge on any atom is -0.317 e. The number of nitrogens with zero attached hydrogens (tertiary/aromatic N) is 1. The number of halogens is 1. The highest BCUT2D eigenvalue weighted by Gasteiger charge is 2.28. The summed E-state index contributed by atoms with van der Waals surface area (Å²) in [5.74, 6) is 0. The summed E-state index contributed by atoms with van der Waals surface area (Å²) in [4.78, 5) is 14.8. The van der Waals surface area contributed by atoms with Gasteiger partial charge in [0.15, 0.2) is 0 Å². The average Bonchev–Trinajstić information content (AvgIpc) is 2.83. The van der Waals surface area contributed by atoms with Gasteiger partial charge < -0.3 is 10.2 Å². The number of anilines is 1. The van der Waals surface area contributed by atoms with Crippen LogP contribution in [0.3, 0.4) is 0 Å². The third-order valence-corrected chi connectivity index (χ3v) is 4.92. The first-order valence-electron chi connectivity index (χ1n) is 8.54. The maximum atomic E-state index is 12.9. The Hall–Kier alpha value is -2.00. The third kappa shape index (κ3) is 3.90. The van der Waals surface area contributed by atoms with Gasteiger partial charge in [0, 0.05) is 17.3 Å². The van der Waals surface area contributed by atoms with Gasteiger partial charge in [-0.05, 0) is 43.5 Å². The molecule has 0 saturated carbocycles. The fourth-order valence-electron chi connectivity index (χ4n) is 3.25. The normalized spacial score (nSPS) is 18.1. The standard InChI is InChI=1S/C20H23ClN2O/c1-15-10-12-16(13-11-15)22-20(24)23-14-6-2-3-9-19(23)17-7-4-5-8-18(17)21/h4-5,7-8,10-13,19H,2-3,6,9,14H2,1H3,(H,22,24). The SMILES string of the molecule is Cc1ccc(NC(=O)N2CCCCCC2c2ccccc2Cl)cc1. The Morgan fingerprint density at radius 2 is 1.83 bits per heavy atom. The minimum atomic E-state index is -0.0503. The van der Waals surface area contributed by atoms with Crippen LogP contribution >= 0.6 is 11.6 Å². The zero-order valence-electron chi connectivity index (χ0n) is 14.0. The molecule has 1 aliphatic rings. The van der Waals surface area contributed by atoms with E-state index in [0.717, 1.165) is 48.5 Å². The maximum absolute atomic E-state index is 12.9. The average molecular weight is 343 g/mol. The molecule has 0 aliphatic carbocycles. The predicted octanol–water partition coefficient (Wildman–Crippen LogP) is 5.80. The molecule has 0 spiro atoms. The van der Waals surface area contributed by atoms with E-state index in [4.69, 9.17) is 11.6 Å². The van der Waals surface area contributed by atoms with Crippen LogP contribution in [0.2, 0.25) is 5.02 Å². The van der Waals surface area contributed by atoms with Crippen LogP contribution < -0.4 is 5.32 Å². The van der Waals surface area contributed by atoms with E-state index in [0.29, 0.717) is 0 Å². The van der Waals surface area contributed by atoms with Crippen molar-refractivity contribution in [3.05, 3.63) is 64.7 Å². The number of benzene rings is 2. The molecule has 0 aromatic heterocycles. The van der Waals surface area contributed by atoms with E-state index >= 15 is 0 Å². The van der Waals surface area contributed by atoms with Crippen LogP contribution in [-0.2, 0) is 0 Å². The van der Waals surface area contributed by atoms with Crippen LogP contribution in [-0.4, -0.2) is 17.5 Å². The summed E-state index contributed by atoms with van der Waals surface area (Å²) in [6.07, 6.45) is 4.24. The molecule has 126 valence electrons. The van der Waals surface area contributed by atoms with Gasteiger partial charge in [-0.2, -0.15) is 0 Å². The fourth-order valence-corrected chi connectivity index (χ4v) is 3.51. The lowest BCUT2D eigenvalue weighted by molar-refractivity contribution is 0.189. The quantitative estimate of drug-likeness (QED) is 0.735. The van der Waals surface area contributed by atoms with Crippen LogP contribution in [0.15, 0.2) is 48.5 Å². The van der Waals surface area contributed by atoms with Crippen LogP contribution in [0.5, 0.6) is 0 Å². The van der Waals surface area contributed by atoms with E-state index < -0.39 is 0 Å². The van der Waals surface area contributed by atoms with Crippen LogP contribution in [0.4, 0.5) is 10.5 Å². The van der Waals surface area contributed by atoms with Crippen molar-refractivity contribution in [1.29, 1.82) is 0 Å². The number of nitrogens with one attached hydrogen (secondary N) is 1. The second-order valence-corrected chi connectivity index (χ2v) is 6.78. The molecule has 0 bridgehead atoms. The molecular weight excluding hydrogens is 320 g/mol. The number of urea groups is 1. The highest BCUT2D eigenvalue weighted by Crippen LogP contribution is 2.34. The molecule has 1 N–H and O–H groups in total. The molecule has 1 atom stereocenters. The van der Waals surface area contributed by atoms with Gasteiger partial charge in [-0.15, -0.1) is 0 Å². The van der Waals surface area contributed by atoms with E-state index in [1.807, 2.05) is 60.4 Å². The summed E-state index contributed by atoms with van der Waals surface area (Å²) in [5.41, 5.74) is 3.05. The van der Waals surface area contributed by atoms with Gasteiger partial charge in [-0.25, -0.2) is 4.79 Å². The molecular formula is C20H23ClN2O. The molecule has 1 heterocycles. The number of hydrogen-bond acceptors (Lipinski definition) is 1. The van der Waals surface area contributed by atoms with Gasteiger partial charge in [0.2, 0.25) is 0 Å². The van der Waals surface area contributed by atoms with E-state index in [2.05, 4.69) is 5.32 Å². The number of likely N-dealkylation sites (tertiary alicyclic amines) is 1. The molecule has 4 heteroatoms. The van der Waals surface area contributed by atoms with Gasteiger partial charge in [0.1, 0.15) is 0 Å². The van der Waals surface area contributed by atoms with E-state index in [-0.39, 0.29) is 12.1 Å². The third-order valence-electron chi connectivity index (χ3n) is 4.58. The van der Waals surface area contributed by atoms with Crippen molar-refractivity contribution >= 4 is 23.3 Å². The van der Waals surface area contributed by atoms with Crippen molar-refractivity contribution < 1.29 is 4.79 Å². The first-order valence-corrected chi connectivity index (χ1v) is 8.91. The second-order valence-electron chi connectivity index (χ2n) is 6.38. The molecule has 0 radical (unpaired) electrons. The Morgan fingerprint density at radius 3 is 2.58 bits per heavy atom. The van der Waals surface area contributed by atoms with E-state index in [9.17, 15) is 4.79 Å². The Kier molecular flexibility index (Phi) is 5.41. The summed E-state index contributed by atoms with van der Waals surface area (Å²) in [5, 5.41) is 3.76. The van der Waals surface area contributed by atoms with Crippen molar-refractivity contribution in [3.8, 4) is 0 Å². The van der Waals surface area contributed by atoms with Gasteiger partial charge >= 0.3 is 6.03 Å². The number of amides is 2. The van der Waals surface area contributed by atoms with Gasteiger partial charge in [-0.3, -0.25) is 0 Å². The second kappa shape index (κ2) is 7.71. The maximum Gasteiger partial charge on any atom is 0.322 e. The monoisotopic (exact) mass is 342 g/mol. The molecule has 1 saturated heterocycles. The predicted molar refractivity (Wildman–Crippen MR) is 99.6 cm³/mol. The molecule has 2 amide bonds. The number of aryl methyl sites for hydroxylation is 1. The summed E-state index contributed by atoms with van der Waals surface area (Å²) >= 11 is 6.40. The van der Waals surface area contributed by atoms with Crippen LogP contribution in [0, 0.1) is 6.92 Å². The molecule has 3 rings (SSSR count). The Labute approximate surface area is 148 Å². The number of carbonyl (C=O) groups is 1. The zero-order valence-corrected chi connectivity index (χ0v) is 14.7. The molecule has 1 unspecified atom stereocenters. The minimum absolute atomic E-state index is 0.0339. The molecule has 24 heavy (non-hydrogen) atoms. The fraction of sp³-hybridized carbons (Fsp3) is 0.350. The summed E-state index contributed by atoms with van der Waals surface area (Å²) < 4.78 is 0. The van der Waals surface area contributed by atoms with E-state index in [1.165, 1.54) is 5.56 Å². The summed E-state index contributed by atoms with van der Waals surface area (Å²) in [6, 6.07) is 15.7. The zero-order chi connectivity index (χ0) is 16.9. The van der Waals surface area contributed by atoms with Crippen molar-refractivity contribution in [2.24, 2.45) is 0 Å². The summed E-state index contributed by atoms with van der Waals surface area (Å²) in [7, 11) is 0. The first kappa shape index (κ1) is 16.8. The van der Waals surface area contributed by atoms with Crippen LogP contribution in [0.25, 0.3) is 0 Å². The lowest BCUT2D eigenvalue weighted by atomic mass is 10.0. The van der Waals surface area contributed by atoms with Crippen molar-refractivity contribution in [3.63, 3.8) is 0 Å². The van der Waals surface area contributed by atoms with Gasteiger partial charge in [0.05, 0.1) is 6.04 Å². The first-order chi connectivity index (χ1) is 11.6. The van der Waals surface area contributed by atoms with Crippen molar-refractivity contribution in [1.82, 2.24) is 4.90 Å². The lowest BCUT2D eigenvalue weighted by Crippen LogP contribution is -2.38. The molecule has 2 aromatic rings. The number of carbonyl (C=O) groups excluding carboxylic acids is 1. The lowest BCUT2D eigenvalue weighted by Gasteiger charge is -2.31. The summed E-state index contributed by atoms with van der Waals surface area (Å²) in [6.45, 7) is 2.79. The Bertz CT molecular complexity index is 699. The van der Waals surface area contributed by atoms with Crippen molar-refractivity contribution in [2.75, 3.05) is 11.9 Å². The van der Waals surface area contributed by atoms with Gasteiger partial charge in [0.25, 0.3) is 0 Å². The Morgan fingerprint density at radius 1 is 1.08 bits per heavy atom. The smallest absolute Gasteiger partial charge is 0.317 e. The largest absolute Gasteiger partial charge is 0.322 e. The highest BCUT2D eigenvalue weighted by atomic mass is 35.5. The van der Waals surface area contributed by atoms with Crippen LogP contribution in [0.1, 0.15) is 42.9 Å². The Balaban J connectivity index is 1.83. The molecule has 2 aromatic carbocycles. The molecule has 3 nitrogen and oxygen atoms in total. The number of hydrogen-bond donors (Lipinski definition) is 1. The van der Waals surface area contributed by atoms with Gasteiger partial charge in [-0.1, -0.05) is 60.3 Å².